The number of hydrogen-bond acceptors (Lipinski definition) is 5. The van der Waals surface area contributed by atoms with E-state index in [-0.39, 0.29) is 30.1 Å². The molecule has 7 nitrogen and oxygen atoms in total. The second kappa shape index (κ2) is 8.39. The second-order valence-electron chi connectivity index (χ2n) is 5.57. The highest BCUT2D eigenvalue weighted by Crippen LogP contribution is 2.37. The molecule has 0 bridgehead atoms. The third-order valence-corrected chi connectivity index (χ3v) is 3.58. The van der Waals surface area contributed by atoms with Gasteiger partial charge in [-0.3, -0.25) is 14.9 Å². The molecule has 2 aromatic rings. The highest BCUT2D eigenvalue weighted by molar-refractivity contribution is 5.94. The maximum absolute atomic E-state index is 13.1. The van der Waals surface area contributed by atoms with Crippen molar-refractivity contribution < 1.29 is 28.0 Å². The summed E-state index contributed by atoms with van der Waals surface area (Å²) in [6.45, 7) is 0.303. The molecule has 0 spiro atoms. The Labute approximate surface area is 152 Å². The van der Waals surface area contributed by atoms with Crippen molar-refractivity contribution in [2.75, 3.05) is 18.4 Å². The molecule has 27 heavy (non-hydrogen) atoms. The summed E-state index contributed by atoms with van der Waals surface area (Å²) in [4.78, 5) is 21.6. The molecule has 0 aliphatic heterocycles. The number of nitro benzene ring substituents is 1. The van der Waals surface area contributed by atoms with Crippen LogP contribution in [-0.4, -0.2) is 29.0 Å². The minimum atomic E-state index is -4.74. The van der Waals surface area contributed by atoms with Gasteiger partial charge in [0.25, 0.3) is 11.6 Å². The molecule has 0 fully saturated rings. The van der Waals surface area contributed by atoms with Crippen LogP contribution >= 0.6 is 0 Å². The summed E-state index contributed by atoms with van der Waals surface area (Å²) in [5.41, 5.74) is -1.78. The lowest BCUT2D eigenvalue weighted by atomic mass is 10.1. The number of phenolic OH excluding ortho intramolecular Hbond substituents is 1. The predicted molar refractivity (Wildman–Crippen MR) is 91.6 cm³/mol. The van der Waals surface area contributed by atoms with Crippen molar-refractivity contribution in [2.45, 2.75) is 12.6 Å². The number of benzene rings is 2. The number of amides is 1. The summed E-state index contributed by atoms with van der Waals surface area (Å²) < 4.78 is 39.2. The summed E-state index contributed by atoms with van der Waals surface area (Å²) >= 11 is 0. The monoisotopic (exact) mass is 383 g/mol. The topological polar surface area (TPSA) is 104 Å². The number of anilines is 1. The van der Waals surface area contributed by atoms with Crippen molar-refractivity contribution in [2.24, 2.45) is 0 Å². The smallest absolute Gasteiger partial charge is 0.418 e. The fourth-order valence-electron chi connectivity index (χ4n) is 2.30. The molecular formula is C17H16F3N3O4. The lowest BCUT2D eigenvalue weighted by molar-refractivity contribution is -0.385. The SMILES string of the molecule is O=C(NCCCNc1ccc([N+](=O)[O-])cc1C(F)(F)F)c1cccc(O)c1. The third-order valence-electron chi connectivity index (χ3n) is 3.58. The average Bonchev–Trinajstić information content (AvgIpc) is 2.60. The minimum absolute atomic E-state index is 0.0535. The zero-order chi connectivity index (χ0) is 20.0. The van der Waals surface area contributed by atoms with Crippen molar-refractivity contribution >= 4 is 17.3 Å². The fraction of sp³-hybridized carbons (Fsp3) is 0.235. The van der Waals surface area contributed by atoms with Gasteiger partial charge in [-0.15, -0.1) is 0 Å². The van der Waals surface area contributed by atoms with E-state index in [1.165, 1.54) is 24.3 Å². The molecule has 10 heteroatoms. The maximum atomic E-state index is 13.1. The molecule has 0 saturated carbocycles. The maximum Gasteiger partial charge on any atom is 0.418 e. The number of carbonyl (C=O) groups excluding carboxylic acids is 1. The van der Waals surface area contributed by atoms with Gasteiger partial charge >= 0.3 is 6.18 Å². The Morgan fingerprint density at radius 1 is 1.15 bits per heavy atom. The van der Waals surface area contributed by atoms with Crippen LogP contribution in [0.15, 0.2) is 42.5 Å². The van der Waals surface area contributed by atoms with Crippen LogP contribution in [0.25, 0.3) is 0 Å². The first-order valence-electron chi connectivity index (χ1n) is 7.85. The molecular weight excluding hydrogens is 367 g/mol. The van der Waals surface area contributed by atoms with E-state index in [4.69, 9.17) is 0 Å². The van der Waals surface area contributed by atoms with E-state index in [1.54, 1.807) is 0 Å². The zero-order valence-corrected chi connectivity index (χ0v) is 13.9. The van der Waals surface area contributed by atoms with Crippen LogP contribution in [0.1, 0.15) is 22.3 Å². The predicted octanol–water partition coefficient (Wildman–Crippen LogP) is 3.55. The molecule has 0 radical (unpaired) electrons. The number of nitro groups is 1. The van der Waals surface area contributed by atoms with Gasteiger partial charge in [-0.05, 0) is 30.7 Å². The Bertz CT molecular complexity index is 840. The number of non-ortho nitro benzene ring substituents is 1. The Morgan fingerprint density at radius 2 is 1.89 bits per heavy atom. The molecule has 0 saturated heterocycles. The van der Waals surface area contributed by atoms with Gasteiger partial charge in [0.1, 0.15) is 5.75 Å². The van der Waals surface area contributed by atoms with Crippen molar-refractivity contribution in [1.82, 2.24) is 5.32 Å². The van der Waals surface area contributed by atoms with E-state index in [0.717, 1.165) is 12.1 Å². The Hall–Kier alpha value is -3.30. The molecule has 0 aliphatic carbocycles. The van der Waals surface area contributed by atoms with Crippen molar-refractivity contribution in [3.63, 3.8) is 0 Å². The fourth-order valence-corrected chi connectivity index (χ4v) is 2.30. The Morgan fingerprint density at radius 3 is 2.52 bits per heavy atom. The summed E-state index contributed by atoms with van der Waals surface area (Å²) in [6.07, 6.45) is -4.42. The van der Waals surface area contributed by atoms with Gasteiger partial charge in [0.2, 0.25) is 0 Å². The highest BCUT2D eigenvalue weighted by Gasteiger charge is 2.35. The lowest BCUT2D eigenvalue weighted by Gasteiger charge is -2.14. The number of hydrogen-bond donors (Lipinski definition) is 3. The number of nitrogens with zero attached hydrogens (tertiary/aromatic N) is 1. The molecule has 0 aliphatic rings. The molecule has 2 rings (SSSR count). The standard InChI is InChI=1S/C17H16F3N3O4/c18-17(19,20)14-10-12(23(26)27)5-6-15(14)21-7-2-8-22-16(25)11-3-1-4-13(24)9-11/h1,3-6,9-10,21,24H,2,7-8H2,(H,22,25). The largest absolute Gasteiger partial charge is 0.508 e. The van der Waals surface area contributed by atoms with Crippen LogP contribution in [0.5, 0.6) is 5.75 Å². The number of carbonyl (C=O) groups is 1. The molecule has 1 amide bonds. The number of phenols is 1. The summed E-state index contributed by atoms with van der Waals surface area (Å²) in [7, 11) is 0. The third kappa shape index (κ3) is 5.59. The van der Waals surface area contributed by atoms with E-state index in [2.05, 4.69) is 10.6 Å². The number of nitrogens with one attached hydrogen (secondary N) is 2. The quantitative estimate of drug-likeness (QED) is 0.385. The first kappa shape index (κ1) is 20.0. The van der Waals surface area contributed by atoms with Crippen LogP contribution < -0.4 is 10.6 Å². The van der Waals surface area contributed by atoms with Crippen LogP contribution in [0, 0.1) is 10.1 Å². The molecule has 0 unspecified atom stereocenters. The minimum Gasteiger partial charge on any atom is -0.508 e. The first-order valence-corrected chi connectivity index (χ1v) is 7.85. The normalized spacial score (nSPS) is 11.1. The first-order chi connectivity index (χ1) is 12.7. The number of alkyl halides is 3. The van der Waals surface area contributed by atoms with E-state index in [0.29, 0.717) is 12.5 Å². The van der Waals surface area contributed by atoms with Gasteiger partial charge in [-0.1, -0.05) is 6.07 Å². The van der Waals surface area contributed by atoms with E-state index in [9.17, 15) is 33.2 Å². The van der Waals surface area contributed by atoms with Crippen LogP contribution in [0.2, 0.25) is 0 Å². The van der Waals surface area contributed by atoms with Crippen LogP contribution in [0.3, 0.4) is 0 Å². The van der Waals surface area contributed by atoms with Gasteiger partial charge in [0.15, 0.2) is 0 Å². The number of rotatable bonds is 7. The molecule has 144 valence electrons. The summed E-state index contributed by atoms with van der Waals surface area (Å²) in [5.74, 6) is -0.473. The average molecular weight is 383 g/mol. The highest BCUT2D eigenvalue weighted by atomic mass is 19.4. The molecule has 3 N–H and O–H groups in total. The second-order valence-corrected chi connectivity index (χ2v) is 5.57. The van der Waals surface area contributed by atoms with Crippen molar-refractivity contribution in [1.29, 1.82) is 0 Å². The van der Waals surface area contributed by atoms with Crippen LogP contribution in [0.4, 0.5) is 24.5 Å². The Balaban J connectivity index is 1.90. The van der Waals surface area contributed by atoms with E-state index in [1.807, 2.05) is 0 Å². The van der Waals surface area contributed by atoms with Gasteiger partial charge in [0.05, 0.1) is 10.5 Å². The number of halogens is 3. The molecule has 0 aromatic heterocycles. The summed E-state index contributed by atoms with van der Waals surface area (Å²) in [6, 6.07) is 8.21. The van der Waals surface area contributed by atoms with Crippen molar-refractivity contribution in [3.05, 3.63) is 63.7 Å². The van der Waals surface area contributed by atoms with Crippen LogP contribution in [-0.2, 0) is 6.18 Å². The molecule has 0 heterocycles. The zero-order valence-electron chi connectivity index (χ0n) is 13.9. The Kier molecular flexibility index (Phi) is 6.22. The van der Waals surface area contributed by atoms with Crippen molar-refractivity contribution in [3.8, 4) is 5.75 Å². The lowest BCUT2D eigenvalue weighted by Crippen LogP contribution is -2.26. The number of aromatic hydroxyl groups is 1. The van der Waals surface area contributed by atoms with E-state index >= 15 is 0 Å². The molecule has 2 aromatic carbocycles. The van der Waals surface area contributed by atoms with Gasteiger partial charge in [0, 0.05) is 36.5 Å². The van der Waals surface area contributed by atoms with Gasteiger partial charge in [-0.2, -0.15) is 13.2 Å². The van der Waals surface area contributed by atoms with E-state index < -0.39 is 28.3 Å². The van der Waals surface area contributed by atoms with Gasteiger partial charge in [-0.25, -0.2) is 0 Å². The van der Waals surface area contributed by atoms with Gasteiger partial charge < -0.3 is 15.7 Å². The summed E-state index contributed by atoms with van der Waals surface area (Å²) in [5, 5.41) is 25.1. The molecule has 0 atom stereocenters.